The fourth-order valence-electron chi connectivity index (χ4n) is 2.04. The molecule has 2 aromatic carbocycles. The van der Waals surface area contributed by atoms with Gasteiger partial charge < -0.3 is 0 Å². The molecule has 0 amide bonds. The molecule has 0 aliphatic heterocycles. The molecule has 0 aliphatic carbocycles. The van der Waals surface area contributed by atoms with Gasteiger partial charge in [-0.2, -0.15) is 0 Å². The molecule has 2 rings (SSSR count). The molecule has 1 nitrogen and oxygen atoms in total. The largest absolute Gasteiger partial charge is 0.289 e. The van der Waals surface area contributed by atoms with Crippen molar-refractivity contribution in [2.24, 2.45) is 0 Å². The first-order valence-corrected chi connectivity index (χ1v) is 7.13. The highest BCUT2D eigenvalue weighted by Crippen LogP contribution is 2.10. The minimum absolute atomic E-state index is 0.0484. The number of hydrogen-bond donors (Lipinski definition) is 0. The van der Waals surface area contributed by atoms with E-state index in [1.165, 1.54) is 11.1 Å². The van der Waals surface area contributed by atoms with Crippen molar-refractivity contribution in [3.63, 3.8) is 0 Å². The summed E-state index contributed by atoms with van der Waals surface area (Å²) in [5.41, 5.74) is 4.36. The summed E-state index contributed by atoms with van der Waals surface area (Å²) in [5.74, 6) is 0.0484. The molecule has 0 aromatic heterocycles. The van der Waals surface area contributed by atoms with Crippen LogP contribution >= 0.6 is 0 Å². The third-order valence-electron chi connectivity index (χ3n) is 3.46. The third kappa shape index (κ3) is 3.67. The Morgan fingerprint density at radius 1 is 0.850 bits per heavy atom. The normalized spacial score (nSPS) is 10.9. The van der Waals surface area contributed by atoms with Gasteiger partial charge in [0.25, 0.3) is 0 Å². The first-order chi connectivity index (χ1) is 9.72. The van der Waals surface area contributed by atoms with Crippen molar-refractivity contribution in [1.82, 2.24) is 0 Å². The van der Waals surface area contributed by atoms with Crippen LogP contribution in [0.3, 0.4) is 0 Å². The maximum absolute atomic E-state index is 12.1. The Balaban J connectivity index is 2.07. The van der Waals surface area contributed by atoms with Crippen LogP contribution in [0.1, 0.15) is 40.9 Å². The second-order valence-corrected chi connectivity index (χ2v) is 4.84. The zero-order chi connectivity index (χ0) is 14.4. The summed E-state index contributed by atoms with van der Waals surface area (Å²) in [6, 6.07) is 16.1. The molecule has 0 spiro atoms. The van der Waals surface area contributed by atoms with Crippen LogP contribution < -0.4 is 0 Å². The fraction of sp³-hybridized carbons (Fsp3) is 0.211. The number of benzene rings is 2. The summed E-state index contributed by atoms with van der Waals surface area (Å²) in [5, 5.41) is 0. The molecular weight excluding hydrogens is 244 g/mol. The van der Waals surface area contributed by atoms with Crippen LogP contribution in [0, 0.1) is 0 Å². The molecule has 0 unspecified atom stereocenters. The van der Waals surface area contributed by atoms with E-state index in [1.807, 2.05) is 42.5 Å². The van der Waals surface area contributed by atoms with Crippen LogP contribution in [-0.2, 0) is 12.8 Å². The smallest absolute Gasteiger partial charge is 0.185 e. The minimum atomic E-state index is 0.0484. The first-order valence-electron chi connectivity index (χ1n) is 7.13. The Labute approximate surface area is 121 Å². The highest BCUT2D eigenvalue weighted by molar-refractivity contribution is 6.06. The number of hydrogen-bond acceptors (Lipinski definition) is 1. The molecule has 0 bridgehead atoms. The Bertz CT molecular complexity index is 589. The molecule has 0 fully saturated rings. The predicted molar refractivity (Wildman–Crippen MR) is 85.0 cm³/mol. The number of carbonyl (C=O) groups is 1. The standard InChI is InChI=1S/C19H20O/c1-3-15-5-7-17(8-6-15)11-14-19(20)18-12-9-16(4-2)10-13-18/h5-14H,3-4H2,1-2H3/b14-11+. The molecule has 1 heteroatoms. The molecule has 0 saturated carbocycles. The maximum atomic E-state index is 12.1. The van der Waals surface area contributed by atoms with E-state index in [-0.39, 0.29) is 5.78 Å². The van der Waals surface area contributed by atoms with E-state index in [0.29, 0.717) is 0 Å². The second kappa shape index (κ2) is 6.85. The van der Waals surface area contributed by atoms with E-state index in [2.05, 4.69) is 26.0 Å². The van der Waals surface area contributed by atoms with Crippen LogP contribution in [0.15, 0.2) is 54.6 Å². The quantitative estimate of drug-likeness (QED) is 0.564. The Morgan fingerprint density at radius 3 is 1.85 bits per heavy atom. The van der Waals surface area contributed by atoms with Crippen molar-refractivity contribution in [2.45, 2.75) is 26.7 Å². The van der Waals surface area contributed by atoms with Gasteiger partial charge in [-0.3, -0.25) is 4.79 Å². The highest BCUT2D eigenvalue weighted by atomic mass is 16.1. The molecular formula is C19H20O. The van der Waals surface area contributed by atoms with E-state index in [1.54, 1.807) is 6.08 Å². The summed E-state index contributed by atoms with van der Waals surface area (Å²) in [7, 11) is 0. The number of ketones is 1. The van der Waals surface area contributed by atoms with Crippen molar-refractivity contribution in [3.8, 4) is 0 Å². The monoisotopic (exact) mass is 264 g/mol. The number of carbonyl (C=O) groups excluding carboxylic acids is 1. The van der Waals surface area contributed by atoms with Gasteiger partial charge >= 0.3 is 0 Å². The third-order valence-corrected chi connectivity index (χ3v) is 3.46. The molecule has 0 atom stereocenters. The summed E-state index contributed by atoms with van der Waals surface area (Å²) in [4.78, 5) is 12.1. The molecule has 2 aromatic rings. The number of aryl methyl sites for hydroxylation is 2. The summed E-state index contributed by atoms with van der Waals surface area (Å²) >= 11 is 0. The Hall–Kier alpha value is -2.15. The lowest BCUT2D eigenvalue weighted by Crippen LogP contribution is -1.94. The highest BCUT2D eigenvalue weighted by Gasteiger charge is 2.01. The zero-order valence-electron chi connectivity index (χ0n) is 12.1. The predicted octanol–water partition coefficient (Wildman–Crippen LogP) is 4.71. The summed E-state index contributed by atoms with van der Waals surface area (Å²) in [6.07, 6.45) is 5.54. The number of rotatable bonds is 5. The zero-order valence-corrected chi connectivity index (χ0v) is 12.1. The second-order valence-electron chi connectivity index (χ2n) is 4.84. The van der Waals surface area contributed by atoms with Gasteiger partial charge in [0, 0.05) is 5.56 Å². The lowest BCUT2D eigenvalue weighted by molar-refractivity contribution is 0.104. The topological polar surface area (TPSA) is 17.1 Å². The van der Waals surface area contributed by atoms with Gasteiger partial charge in [0.1, 0.15) is 0 Å². The van der Waals surface area contributed by atoms with Crippen molar-refractivity contribution >= 4 is 11.9 Å². The molecule has 0 aliphatic rings. The van der Waals surface area contributed by atoms with Crippen molar-refractivity contribution in [3.05, 3.63) is 76.9 Å². The van der Waals surface area contributed by atoms with Gasteiger partial charge in [-0.1, -0.05) is 68.5 Å². The molecule has 0 N–H and O–H groups in total. The van der Waals surface area contributed by atoms with E-state index in [9.17, 15) is 4.79 Å². The van der Waals surface area contributed by atoms with Crippen LogP contribution in [-0.4, -0.2) is 5.78 Å². The molecule has 102 valence electrons. The number of allylic oxidation sites excluding steroid dienone is 1. The molecule has 0 radical (unpaired) electrons. The van der Waals surface area contributed by atoms with Crippen molar-refractivity contribution < 1.29 is 4.79 Å². The fourth-order valence-corrected chi connectivity index (χ4v) is 2.04. The van der Waals surface area contributed by atoms with Gasteiger partial charge in [0.15, 0.2) is 5.78 Å². The van der Waals surface area contributed by atoms with E-state index in [0.717, 1.165) is 24.0 Å². The van der Waals surface area contributed by atoms with Crippen LogP contribution in [0.2, 0.25) is 0 Å². The van der Waals surface area contributed by atoms with Crippen LogP contribution in [0.4, 0.5) is 0 Å². The molecule has 0 heterocycles. The van der Waals surface area contributed by atoms with Crippen LogP contribution in [0.25, 0.3) is 6.08 Å². The van der Waals surface area contributed by atoms with E-state index < -0.39 is 0 Å². The Kier molecular flexibility index (Phi) is 4.89. The van der Waals surface area contributed by atoms with Crippen molar-refractivity contribution in [2.75, 3.05) is 0 Å². The SMILES string of the molecule is CCc1ccc(/C=C/C(=O)c2ccc(CC)cc2)cc1. The van der Waals surface area contributed by atoms with Gasteiger partial charge in [-0.05, 0) is 35.6 Å². The average Bonchev–Trinajstić information content (AvgIpc) is 2.53. The minimum Gasteiger partial charge on any atom is -0.289 e. The van der Waals surface area contributed by atoms with Crippen LogP contribution in [0.5, 0.6) is 0 Å². The lowest BCUT2D eigenvalue weighted by Gasteiger charge is -1.99. The summed E-state index contributed by atoms with van der Waals surface area (Å²) in [6.45, 7) is 4.24. The molecule has 20 heavy (non-hydrogen) atoms. The van der Waals surface area contributed by atoms with Gasteiger partial charge in [-0.15, -0.1) is 0 Å². The van der Waals surface area contributed by atoms with Gasteiger partial charge in [0.2, 0.25) is 0 Å². The average molecular weight is 264 g/mol. The van der Waals surface area contributed by atoms with E-state index in [4.69, 9.17) is 0 Å². The molecule has 0 saturated heterocycles. The first kappa shape index (κ1) is 14.3. The lowest BCUT2D eigenvalue weighted by atomic mass is 10.1. The van der Waals surface area contributed by atoms with Crippen molar-refractivity contribution in [1.29, 1.82) is 0 Å². The maximum Gasteiger partial charge on any atom is 0.185 e. The Morgan fingerprint density at radius 2 is 1.35 bits per heavy atom. The van der Waals surface area contributed by atoms with Gasteiger partial charge in [-0.25, -0.2) is 0 Å². The van der Waals surface area contributed by atoms with Gasteiger partial charge in [0.05, 0.1) is 0 Å². The van der Waals surface area contributed by atoms with E-state index >= 15 is 0 Å². The summed E-state index contributed by atoms with van der Waals surface area (Å²) < 4.78 is 0.